The quantitative estimate of drug-likeness (QED) is 0.735. The summed E-state index contributed by atoms with van der Waals surface area (Å²) in [5.41, 5.74) is 1.82. The lowest BCUT2D eigenvalue weighted by molar-refractivity contribution is -0.138. The highest BCUT2D eigenvalue weighted by Crippen LogP contribution is 2.18. The Labute approximate surface area is 112 Å². The van der Waals surface area contributed by atoms with Crippen molar-refractivity contribution in [1.29, 1.82) is 0 Å². The average Bonchev–Trinajstić information content (AvgIpc) is 2.68. The number of β-amino-alcohol motifs (C(OH)–C–C–N with tert-alkyl or cyclic N) is 2. The number of aliphatic hydroxyl groups is 2. The molecule has 3 N–H and O–H groups in total. The van der Waals surface area contributed by atoms with E-state index < -0.39 is 24.1 Å². The van der Waals surface area contributed by atoms with Gasteiger partial charge in [0.25, 0.3) is 0 Å². The molecule has 1 fully saturated rings. The second kappa shape index (κ2) is 5.69. The Kier molecular flexibility index (Phi) is 4.19. The van der Waals surface area contributed by atoms with Crippen LogP contribution in [0.5, 0.6) is 0 Å². The zero-order valence-electron chi connectivity index (χ0n) is 10.9. The summed E-state index contributed by atoms with van der Waals surface area (Å²) in [6.45, 7) is 3.24. The van der Waals surface area contributed by atoms with Crippen molar-refractivity contribution in [3.05, 3.63) is 35.4 Å². The highest BCUT2D eigenvalue weighted by molar-refractivity contribution is 5.75. The van der Waals surface area contributed by atoms with Crippen LogP contribution in [0.1, 0.15) is 24.0 Å². The van der Waals surface area contributed by atoms with Gasteiger partial charge in [-0.05, 0) is 18.1 Å². The monoisotopic (exact) mass is 265 g/mol. The van der Waals surface area contributed by atoms with Crippen LogP contribution in [0.25, 0.3) is 0 Å². The molecule has 1 aromatic carbocycles. The summed E-state index contributed by atoms with van der Waals surface area (Å²) in [6.07, 6.45) is -1.35. The normalized spacial score (nSPS) is 25.4. The Morgan fingerprint density at radius 2 is 1.79 bits per heavy atom. The molecule has 19 heavy (non-hydrogen) atoms. The number of hydrogen-bond acceptors (Lipinski definition) is 4. The van der Waals surface area contributed by atoms with Gasteiger partial charge >= 0.3 is 5.97 Å². The molecule has 1 aromatic rings. The van der Waals surface area contributed by atoms with Gasteiger partial charge in [-0.25, -0.2) is 0 Å². The van der Waals surface area contributed by atoms with Crippen molar-refractivity contribution < 1.29 is 20.1 Å². The summed E-state index contributed by atoms with van der Waals surface area (Å²) in [4.78, 5) is 12.8. The van der Waals surface area contributed by atoms with Gasteiger partial charge in [0.2, 0.25) is 0 Å². The molecule has 0 aliphatic carbocycles. The lowest BCUT2D eigenvalue weighted by atomic mass is 10.00. The minimum Gasteiger partial charge on any atom is -0.481 e. The molecule has 5 nitrogen and oxygen atoms in total. The van der Waals surface area contributed by atoms with Crippen LogP contribution in [-0.2, 0) is 11.3 Å². The summed E-state index contributed by atoms with van der Waals surface area (Å²) in [6, 6.07) is 7.42. The first-order valence-corrected chi connectivity index (χ1v) is 6.37. The molecular formula is C14H19NO4. The van der Waals surface area contributed by atoms with E-state index in [1.54, 1.807) is 6.92 Å². The third-order valence-electron chi connectivity index (χ3n) is 3.59. The molecule has 3 unspecified atom stereocenters. The van der Waals surface area contributed by atoms with Crippen LogP contribution in [-0.4, -0.2) is 51.5 Å². The maximum absolute atomic E-state index is 10.9. The van der Waals surface area contributed by atoms with Crippen LogP contribution < -0.4 is 0 Å². The van der Waals surface area contributed by atoms with E-state index in [4.69, 9.17) is 5.11 Å². The third kappa shape index (κ3) is 3.32. The van der Waals surface area contributed by atoms with Gasteiger partial charge in [-0.1, -0.05) is 24.3 Å². The fourth-order valence-corrected chi connectivity index (χ4v) is 2.29. The van der Waals surface area contributed by atoms with E-state index in [1.165, 1.54) is 0 Å². The first-order chi connectivity index (χ1) is 8.97. The van der Waals surface area contributed by atoms with E-state index in [0.29, 0.717) is 19.6 Å². The second-order valence-electron chi connectivity index (χ2n) is 5.13. The Balaban J connectivity index is 1.98. The first-order valence-electron chi connectivity index (χ1n) is 6.37. The Bertz CT molecular complexity index is 435. The number of nitrogens with zero attached hydrogens (tertiary/aromatic N) is 1. The van der Waals surface area contributed by atoms with Crippen molar-refractivity contribution in [3.8, 4) is 0 Å². The van der Waals surface area contributed by atoms with Gasteiger partial charge in [-0.3, -0.25) is 9.69 Å². The number of aliphatic carboxylic acids is 1. The molecule has 104 valence electrons. The predicted octanol–water partition coefficient (Wildman–Crippen LogP) is 0.412. The molecule has 0 spiro atoms. The molecule has 0 saturated carbocycles. The van der Waals surface area contributed by atoms with Crippen molar-refractivity contribution in [2.45, 2.75) is 31.6 Å². The standard InChI is InChI=1S/C14H19NO4/c1-9(14(18)19)11-4-2-10(3-5-11)6-15-7-12(16)13(17)8-15/h2-5,9,12-13,16-17H,6-8H2,1H3,(H,18,19). The van der Waals surface area contributed by atoms with Crippen molar-refractivity contribution in [3.63, 3.8) is 0 Å². The SMILES string of the molecule is CC(C(=O)O)c1ccc(CN2CC(O)C(O)C2)cc1. The van der Waals surface area contributed by atoms with Crippen LogP contribution in [0.15, 0.2) is 24.3 Å². The average molecular weight is 265 g/mol. The molecule has 5 heteroatoms. The Morgan fingerprint density at radius 1 is 1.26 bits per heavy atom. The van der Waals surface area contributed by atoms with Crippen LogP contribution in [0, 0.1) is 0 Å². The summed E-state index contributed by atoms with van der Waals surface area (Å²) < 4.78 is 0. The number of benzene rings is 1. The van der Waals surface area contributed by atoms with Gasteiger partial charge in [0, 0.05) is 19.6 Å². The zero-order valence-corrected chi connectivity index (χ0v) is 10.9. The van der Waals surface area contributed by atoms with Gasteiger partial charge in [0.1, 0.15) is 0 Å². The van der Waals surface area contributed by atoms with E-state index >= 15 is 0 Å². The van der Waals surface area contributed by atoms with Crippen molar-refractivity contribution in [1.82, 2.24) is 4.90 Å². The van der Waals surface area contributed by atoms with Gasteiger partial charge < -0.3 is 15.3 Å². The lowest BCUT2D eigenvalue weighted by Crippen LogP contribution is -2.22. The van der Waals surface area contributed by atoms with Gasteiger partial charge in [0.15, 0.2) is 0 Å². The molecule has 1 heterocycles. The van der Waals surface area contributed by atoms with Crippen LogP contribution in [0.3, 0.4) is 0 Å². The number of carbonyl (C=O) groups is 1. The van der Waals surface area contributed by atoms with Crippen molar-refractivity contribution in [2.75, 3.05) is 13.1 Å². The number of rotatable bonds is 4. The fourth-order valence-electron chi connectivity index (χ4n) is 2.29. The molecule has 1 aliphatic rings. The molecule has 1 saturated heterocycles. The third-order valence-corrected chi connectivity index (χ3v) is 3.59. The topological polar surface area (TPSA) is 81.0 Å². The first kappa shape index (κ1) is 14.0. The van der Waals surface area contributed by atoms with E-state index in [0.717, 1.165) is 11.1 Å². The summed E-state index contributed by atoms with van der Waals surface area (Å²) in [5.74, 6) is -1.34. The van der Waals surface area contributed by atoms with Gasteiger partial charge in [-0.15, -0.1) is 0 Å². The largest absolute Gasteiger partial charge is 0.481 e. The van der Waals surface area contributed by atoms with Crippen LogP contribution in [0.2, 0.25) is 0 Å². The molecular weight excluding hydrogens is 246 g/mol. The molecule has 3 atom stereocenters. The summed E-state index contributed by atoms with van der Waals surface area (Å²) >= 11 is 0. The number of hydrogen-bond donors (Lipinski definition) is 3. The summed E-state index contributed by atoms with van der Waals surface area (Å²) in [5, 5.41) is 27.9. The van der Waals surface area contributed by atoms with Gasteiger partial charge in [-0.2, -0.15) is 0 Å². The number of carboxylic acids is 1. The molecule has 2 rings (SSSR count). The van der Waals surface area contributed by atoms with Crippen LogP contribution >= 0.6 is 0 Å². The van der Waals surface area contributed by atoms with E-state index in [-0.39, 0.29) is 0 Å². The van der Waals surface area contributed by atoms with Crippen molar-refractivity contribution >= 4 is 5.97 Å². The highest BCUT2D eigenvalue weighted by atomic mass is 16.4. The highest BCUT2D eigenvalue weighted by Gasteiger charge is 2.29. The predicted molar refractivity (Wildman–Crippen MR) is 69.8 cm³/mol. The van der Waals surface area contributed by atoms with E-state index in [1.807, 2.05) is 29.2 Å². The summed E-state index contributed by atoms with van der Waals surface area (Å²) in [7, 11) is 0. The number of aliphatic hydroxyl groups excluding tert-OH is 2. The Morgan fingerprint density at radius 3 is 2.26 bits per heavy atom. The maximum atomic E-state index is 10.9. The molecule has 0 bridgehead atoms. The minimum absolute atomic E-state index is 0.467. The van der Waals surface area contributed by atoms with Crippen LogP contribution in [0.4, 0.5) is 0 Å². The molecule has 0 aromatic heterocycles. The molecule has 1 aliphatic heterocycles. The maximum Gasteiger partial charge on any atom is 0.310 e. The zero-order chi connectivity index (χ0) is 14.0. The lowest BCUT2D eigenvalue weighted by Gasteiger charge is -2.15. The number of likely N-dealkylation sites (tertiary alicyclic amines) is 1. The smallest absolute Gasteiger partial charge is 0.310 e. The number of carboxylic acid groups (broad SMARTS) is 1. The Hall–Kier alpha value is -1.43. The van der Waals surface area contributed by atoms with E-state index in [9.17, 15) is 15.0 Å². The van der Waals surface area contributed by atoms with Crippen molar-refractivity contribution in [2.24, 2.45) is 0 Å². The molecule has 0 radical (unpaired) electrons. The fraction of sp³-hybridized carbons (Fsp3) is 0.500. The molecule has 0 amide bonds. The second-order valence-corrected chi connectivity index (χ2v) is 5.13. The van der Waals surface area contributed by atoms with E-state index in [2.05, 4.69) is 0 Å². The minimum atomic E-state index is -0.835. The van der Waals surface area contributed by atoms with Gasteiger partial charge in [0.05, 0.1) is 18.1 Å².